The van der Waals surface area contributed by atoms with Crippen LogP contribution >= 0.6 is 0 Å². The summed E-state index contributed by atoms with van der Waals surface area (Å²) in [6.07, 6.45) is 9.96. The third-order valence-corrected chi connectivity index (χ3v) is 8.41. The lowest BCUT2D eigenvalue weighted by Crippen LogP contribution is -2.60. The second-order valence-corrected chi connectivity index (χ2v) is 10.2. The third-order valence-electron chi connectivity index (χ3n) is 8.41. The van der Waals surface area contributed by atoms with Gasteiger partial charge in [0.25, 0.3) is 5.91 Å². The van der Waals surface area contributed by atoms with Gasteiger partial charge in [0.05, 0.1) is 26.0 Å². The Balaban J connectivity index is 1.26. The van der Waals surface area contributed by atoms with Crippen molar-refractivity contribution in [3.05, 3.63) is 41.6 Å². The van der Waals surface area contributed by atoms with Gasteiger partial charge in [-0.25, -0.2) is 0 Å². The average Bonchev–Trinajstić information content (AvgIpc) is 3.38. The van der Waals surface area contributed by atoms with E-state index >= 15 is 0 Å². The summed E-state index contributed by atoms with van der Waals surface area (Å²) in [6.45, 7) is 3.17. The number of piperidine rings is 3. The zero-order valence-electron chi connectivity index (χ0n) is 20.1. The summed E-state index contributed by atoms with van der Waals surface area (Å²) in [5.74, 6) is 2.59. The Bertz CT molecular complexity index is 1110. The molecule has 34 heavy (non-hydrogen) atoms. The smallest absolute Gasteiger partial charge is 0.272 e. The molecular formula is C27H34N4O3. The van der Waals surface area contributed by atoms with Gasteiger partial charge >= 0.3 is 0 Å². The normalized spacial score (nSPS) is 28.5. The van der Waals surface area contributed by atoms with Crippen molar-refractivity contribution in [2.75, 3.05) is 33.9 Å². The lowest BCUT2D eigenvalue weighted by Gasteiger charge is -2.54. The minimum Gasteiger partial charge on any atom is -0.493 e. The third kappa shape index (κ3) is 3.61. The van der Waals surface area contributed by atoms with E-state index in [1.807, 2.05) is 24.3 Å². The first-order valence-corrected chi connectivity index (χ1v) is 12.7. The predicted octanol–water partition coefficient (Wildman–Crippen LogP) is 4.13. The standard InChI is InChI=1S/C27H34N4O3/c1-33-24-9-8-17(14-25(24)34-2)21-15-22(29-28-21)27(32)31-11-5-6-18-12-19-13-20(26(18)31)16-30-10-4-3-7-23(19)30/h8-9,12,14-15,19-20,23,26H,3-7,10-11,13,16H2,1-2H3,(H,28,29)/t19-,20-,23+,26+/m0/s1. The molecule has 1 N–H and O–H groups in total. The fourth-order valence-corrected chi connectivity index (χ4v) is 6.93. The zero-order chi connectivity index (χ0) is 23.2. The van der Waals surface area contributed by atoms with Gasteiger partial charge in [-0.1, -0.05) is 18.1 Å². The number of likely N-dealkylation sites (tertiary alicyclic amines) is 1. The van der Waals surface area contributed by atoms with E-state index in [0.29, 0.717) is 29.0 Å². The summed E-state index contributed by atoms with van der Waals surface area (Å²) < 4.78 is 10.8. The molecule has 180 valence electrons. The van der Waals surface area contributed by atoms with Crippen molar-refractivity contribution < 1.29 is 14.3 Å². The number of hydrogen-bond donors (Lipinski definition) is 1. The largest absolute Gasteiger partial charge is 0.493 e. The molecule has 1 amide bonds. The molecule has 1 aromatic carbocycles. The summed E-state index contributed by atoms with van der Waals surface area (Å²) in [5.41, 5.74) is 3.68. The Kier molecular flexibility index (Phi) is 5.60. The van der Waals surface area contributed by atoms with Crippen LogP contribution in [0, 0.1) is 11.8 Å². The minimum atomic E-state index is 0.0639. The second kappa shape index (κ2) is 8.77. The van der Waals surface area contributed by atoms with Gasteiger partial charge in [-0.3, -0.25) is 14.8 Å². The molecule has 0 saturated carbocycles. The molecule has 3 saturated heterocycles. The number of H-pyrrole nitrogens is 1. The van der Waals surface area contributed by atoms with E-state index in [9.17, 15) is 4.79 Å². The Morgan fingerprint density at radius 3 is 2.82 bits per heavy atom. The molecule has 7 nitrogen and oxygen atoms in total. The van der Waals surface area contributed by atoms with Gasteiger partial charge in [0.1, 0.15) is 5.69 Å². The maximum atomic E-state index is 13.7. The minimum absolute atomic E-state index is 0.0639. The highest BCUT2D eigenvalue weighted by Crippen LogP contribution is 2.45. The molecule has 3 aliphatic heterocycles. The van der Waals surface area contributed by atoms with Gasteiger partial charge in [0.15, 0.2) is 11.5 Å². The number of hydrogen-bond acceptors (Lipinski definition) is 5. The lowest BCUT2D eigenvalue weighted by atomic mass is 9.68. The number of carbonyl (C=O) groups is 1. The highest BCUT2D eigenvalue weighted by atomic mass is 16.5. The summed E-state index contributed by atoms with van der Waals surface area (Å²) in [7, 11) is 3.24. The average molecular weight is 463 g/mol. The molecule has 4 heterocycles. The van der Waals surface area contributed by atoms with Crippen molar-refractivity contribution in [3.8, 4) is 22.8 Å². The van der Waals surface area contributed by atoms with Crippen LogP contribution in [0.15, 0.2) is 35.9 Å². The molecule has 1 aromatic heterocycles. The van der Waals surface area contributed by atoms with Crippen LogP contribution in [0.4, 0.5) is 0 Å². The first kappa shape index (κ1) is 21.7. The summed E-state index contributed by atoms with van der Waals surface area (Å²) in [5, 5.41) is 7.48. The van der Waals surface area contributed by atoms with Crippen molar-refractivity contribution in [2.24, 2.45) is 11.8 Å². The van der Waals surface area contributed by atoms with Crippen LogP contribution in [0.25, 0.3) is 11.3 Å². The molecule has 3 fully saturated rings. The Morgan fingerprint density at radius 1 is 1.09 bits per heavy atom. The monoisotopic (exact) mass is 462 g/mol. The van der Waals surface area contributed by atoms with Crippen LogP contribution in [0.1, 0.15) is 49.0 Å². The van der Waals surface area contributed by atoms with Gasteiger partial charge in [-0.05, 0) is 74.8 Å². The van der Waals surface area contributed by atoms with Crippen molar-refractivity contribution in [1.29, 1.82) is 0 Å². The fraction of sp³-hybridized carbons (Fsp3) is 0.556. The number of nitrogens with zero attached hydrogens (tertiary/aromatic N) is 3. The number of carbonyl (C=O) groups excluding carboxylic acids is 1. The molecule has 2 aromatic rings. The van der Waals surface area contributed by atoms with E-state index in [1.165, 1.54) is 37.8 Å². The van der Waals surface area contributed by atoms with Crippen LogP contribution in [0.2, 0.25) is 0 Å². The second-order valence-electron chi connectivity index (χ2n) is 10.2. The predicted molar refractivity (Wildman–Crippen MR) is 130 cm³/mol. The van der Waals surface area contributed by atoms with E-state index in [1.54, 1.807) is 14.2 Å². The maximum absolute atomic E-state index is 13.7. The molecule has 2 bridgehead atoms. The van der Waals surface area contributed by atoms with Crippen LogP contribution < -0.4 is 9.47 Å². The number of amides is 1. The van der Waals surface area contributed by atoms with Gasteiger partial charge in [0, 0.05) is 24.7 Å². The Hall–Kier alpha value is -2.80. The van der Waals surface area contributed by atoms with Crippen LogP contribution in [-0.4, -0.2) is 71.8 Å². The van der Waals surface area contributed by atoms with E-state index < -0.39 is 0 Å². The number of ether oxygens (including phenoxy) is 2. The molecule has 1 aliphatic carbocycles. The maximum Gasteiger partial charge on any atom is 0.272 e. The number of rotatable bonds is 4. The number of aromatic nitrogens is 2. The zero-order valence-corrected chi connectivity index (χ0v) is 20.1. The number of fused-ring (bicyclic) bond motifs is 6. The molecule has 0 spiro atoms. The molecule has 4 atom stereocenters. The van der Waals surface area contributed by atoms with Crippen molar-refractivity contribution in [1.82, 2.24) is 20.0 Å². The topological polar surface area (TPSA) is 70.7 Å². The Labute approximate surface area is 201 Å². The molecule has 0 radical (unpaired) electrons. The van der Waals surface area contributed by atoms with Gasteiger partial charge in [-0.15, -0.1) is 0 Å². The van der Waals surface area contributed by atoms with Gasteiger partial charge < -0.3 is 14.4 Å². The number of methoxy groups -OCH3 is 2. The van der Waals surface area contributed by atoms with Crippen molar-refractivity contribution in [2.45, 2.75) is 50.6 Å². The lowest BCUT2D eigenvalue weighted by molar-refractivity contribution is 0.00131. The fourth-order valence-electron chi connectivity index (χ4n) is 6.93. The van der Waals surface area contributed by atoms with Crippen molar-refractivity contribution in [3.63, 3.8) is 0 Å². The van der Waals surface area contributed by atoms with Crippen LogP contribution in [0.3, 0.4) is 0 Å². The summed E-state index contributed by atoms with van der Waals surface area (Å²) in [6, 6.07) is 8.51. The SMILES string of the molecule is COc1ccc(-c2cc(C(=O)N3CCCC4=C[C@H]5C[C@@H](CN6CCCC[C@H]56)[C@@H]43)[nH]n2)cc1OC. The number of nitrogens with one attached hydrogen (secondary N) is 1. The quantitative estimate of drug-likeness (QED) is 0.692. The first-order chi connectivity index (χ1) is 16.7. The van der Waals surface area contributed by atoms with Crippen molar-refractivity contribution >= 4 is 5.91 Å². The van der Waals surface area contributed by atoms with Gasteiger partial charge in [0.2, 0.25) is 0 Å². The highest BCUT2D eigenvalue weighted by molar-refractivity contribution is 5.94. The van der Waals surface area contributed by atoms with Crippen LogP contribution in [-0.2, 0) is 0 Å². The first-order valence-electron chi connectivity index (χ1n) is 12.7. The highest BCUT2D eigenvalue weighted by Gasteiger charge is 2.47. The van der Waals surface area contributed by atoms with E-state index in [2.05, 4.69) is 26.1 Å². The van der Waals surface area contributed by atoms with E-state index in [4.69, 9.17) is 9.47 Å². The molecule has 6 rings (SSSR count). The summed E-state index contributed by atoms with van der Waals surface area (Å²) in [4.78, 5) is 18.6. The molecule has 4 aliphatic rings. The van der Waals surface area contributed by atoms with Gasteiger partial charge in [-0.2, -0.15) is 5.10 Å². The molecular weight excluding hydrogens is 428 g/mol. The van der Waals surface area contributed by atoms with E-state index in [-0.39, 0.29) is 11.9 Å². The number of aromatic amines is 1. The summed E-state index contributed by atoms with van der Waals surface area (Å²) >= 11 is 0. The molecule has 0 unspecified atom stereocenters. The Morgan fingerprint density at radius 2 is 1.97 bits per heavy atom. The van der Waals surface area contributed by atoms with E-state index in [0.717, 1.165) is 43.2 Å². The number of benzene rings is 1. The molecule has 7 heteroatoms. The van der Waals surface area contributed by atoms with Crippen LogP contribution in [0.5, 0.6) is 11.5 Å².